The fourth-order valence-electron chi connectivity index (χ4n) is 3.58. The third-order valence-electron chi connectivity index (χ3n) is 5.18. The van der Waals surface area contributed by atoms with Gasteiger partial charge in [-0.2, -0.15) is 0 Å². The van der Waals surface area contributed by atoms with E-state index in [0.717, 1.165) is 18.5 Å². The third-order valence-corrected chi connectivity index (χ3v) is 5.18. The molecular weight excluding hydrogens is 384 g/mol. The Bertz CT molecular complexity index is 1090. The first-order valence-electron chi connectivity index (χ1n) is 10.0. The number of hydrogen-bond donors (Lipinski definition) is 2. The Kier molecular flexibility index (Phi) is 5.71. The van der Waals surface area contributed by atoms with Gasteiger partial charge in [-0.15, -0.1) is 0 Å². The van der Waals surface area contributed by atoms with Gasteiger partial charge >= 0.3 is 0 Å². The van der Waals surface area contributed by atoms with E-state index in [4.69, 9.17) is 4.98 Å². The highest BCUT2D eigenvalue weighted by molar-refractivity contribution is 5.95. The van der Waals surface area contributed by atoms with E-state index in [-0.39, 0.29) is 18.3 Å². The van der Waals surface area contributed by atoms with Crippen molar-refractivity contribution in [3.8, 4) is 11.4 Å². The molecule has 2 N–H and O–H groups in total. The second-order valence-corrected chi connectivity index (χ2v) is 7.28. The van der Waals surface area contributed by atoms with Gasteiger partial charge in [0, 0.05) is 43.7 Å². The SMILES string of the molecule is CC(=O)c1cccc(-c2nc(NCCO)c3ncn(CCN4CCCC4=O)c3n2)c1. The van der Waals surface area contributed by atoms with Gasteiger partial charge in [-0.1, -0.05) is 18.2 Å². The Morgan fingerprint density at radius 2 is 2.13 bits per heavy atom. The summed E-state index contributed by atoms with van der Waals surface area (Å²) in [5.41, 5.74) is 2.55. The van der Waals surface area contributed by atoms with Crippen LogP contribution in [0.4, 0.5) is 5.82 Å². The predicted molar refractivity (Wildman–Crippen MR) is 112 cm³/mol. The van der Waals surface area contributed by atoms with Crippen molar-refractivity contribution in [2.45, 2.75) is 26.3 Å². The maximum atomic E-state index is 11.9. The van der Waals surface area contributed by atoms with Crippen molar-refractivity contribution in [2.24, 2.45) is 0 Å². The highest BCUT2D eigenvalue weighted by Gasteiger charge is 2.21. The van der Waals surface area contributed by atoms with Crippen LogP contribution in [-0.2, 0) is 11.3 Å². The average Bonchev–Trinajstić information content (AvgIpc) is 3.36. The number of carbonyl (C=O) groups is 2. The quantitative estimate of drug-likeness (QED) is 0.546. The molecule has 0 bridgehead atoms. The highest BCUT2D eigenvalue weighted by atomic mass is 16.3. The molecule has 0 aliphatic carbocycles. The summed E-state index contributed by atoms with van der Waals surface area (Å²) in [6, 6.07) is 7.18. The van der Waals surface area contributed by atoms with Gasteiger partial charge < -0.3 is 19.9 Å². The van der Waals surface area contributed by atoms with Gasteiger partial charge in [0.15, 0.2) is 23.1 Å². The summed E-state index contributed by atoms with van der Waals surface area (Å²) in [6.45, 7) is 3.76. The lowest BCUT2D eigenvalue weighted by atomic mass is 10.1. The zero-order chi connectivity index (χ0) is 21.1. The number of hydrogen-bond acceptors (Lipinski definition) is 7. The molecule has 1 aliphatic heterocycles. The number of aliphatic hydroxyl groups is 1. The Hall–Kier alpha value is -3.33. The van der Waals surface area contributed by atoms with E-state index in [1.54, 1.807) is 24.5 Å². The zero-order valence-electron chi connectivity index (χ0n) is 16.8. The molecule has 1 fully saturated rings. The Morgan fingerprint density at radius 3 is 2.87 bits per heavy atom. The number of anilines is 1. The minimum Gasteiger partial charge on any atom is -0.395 e. The fraction of sp³-hybridized carbons (Fsp3) is 0.381. The number of Topliss-reactive ketones (excluding diaryl/α,β-unsaturated/α-hetero) is 1. The third kappa shape index (κ3) is 4.02. The molecule has 9 nitrogen and oxygen atoms in total. The molecule has 1 saturated heterocycles. The van der Waals surface area contributed by atoms with Crippen molar-refractivity contribution in [1.29, 1.82) is 0 Å². The van der Waals surface area contributed by atoms with Crippen LogP contribution in [0.3, 0.4) is 0 Å². The minimum absolute atomic E-state index is 0.0307. The number of nitrogens with zero attached hydrogens (tertiary/aromatic N) is 5. The molecule has 1 aromatic carbocycles. The predicted octanol–water partition coefficient (Wildman–Crippen LogP) is 1.72. The second kappa shape index (κ2) is 8.58. The number of benzene rings is 1. The van der Waals surface area contributed by atoms with Crippen molar-refractivity contribution in [3.05, 3.63) is 36.2 Å². The van der Waals surface area contributed by atoms with Crippen LogP contribution in [0.5, 0.6) is 0 Å². The molecule has 3 heterocycles. The fourth-order valence-corrected chi connectivity index (χ4v) is 3.58. The summed E-state index contributed by atoms with van der Waals surface area (Å²) in [4.78, 5) is 39.3. The Morgan fingerprint density at radius 1 is 1.27 bits per heavy atom. The molecule has 0 atom stereocenters. The van der Waals surface area contributed by atoms with Crippen molar-refractivity contribution >= 4 is 28.7 Å². The monoisotopic (exact) mass is 408 g/mol. The van der Waals surface area contributed by atoms with Gasteiger partial charge in [0.25, 0.3) is 0 Å². The van der Waals surface area contributed by atoms with Crippen LogP contribution in [0.1, 0.15) is 30.1 Å². The first-order chi connectivity index (χ1) is 14.6. The number of aliphatic hydroxyl groups excluding tert-OH is 1. The van der Waals surface area contributed by atoms with Gasteiger partial charge in [-0.25, -0.2) is 15.0 Å². The largest absolute Gasteiger partial charge is 0.395 e. The normalized spacial score (nSPS) is 13.9. The van der Waals surface area contributed by atoms with Gasteiger partial charge in [0.05, 0.1) is 12.9 Å². The van der Waals surface area contributed by atoms with Crippen molar-refractivity contribution in [1.82, 2.24) is 24.4 Å². The number of rotatable bonds is 8. The zero-order valence-corrected chi connectivity index (χ0v) is 16.8. The summed E-state index contributed by atoms with van der Waals surface area (Å²) in [5.74, 6) is 1.14. The summed E-state index contributed by atoms with van der Waals surface area (Å²) >= 11 is 0. The first-order valence-corrected chi connectivity index (χ1v) is 10.0. The summed E-state index contributed by atoms with van der Waals surface area (Å²) in [6.07, 6.45) is 3.20. The topological polar surface area (TPSA) is 113 Å². The van der Waals surface area contributed by atoms with E-state index in [1.807, 2.05) is 15.5 Å². The molecule has 156 valence electrons. The van der Waals surface area contributed by atoms with Gasteiger partial charge in [-0.05, 0) is 19.4 Å². The lowest BCUT2D eigenvalue weighted by Gasteiger charge is -2.16. The van der Waals surface area contributed by atoms with Crippen molar-refractivity contribution in [3.63, 3.8) is 0 Å². The number of ketones is 1. The highest BCUT2D eigenvalue weighted by Crippen LogP contribution is 2.25. The summed E-state index contributed by atoms with van der Waals surface area (Å²) in [7, 11) is 0. The minimum atomic E-state index is -0.0432. The maximum absolute atomic E-state index is 11.9. The van der Waals surface area contributed by atoms with Gasteiger partial charge in [0.2, 0.25) is 5.91 Å². The van der Waals surface area contributed by atoms with E-state index in [2.05, 4.69) is 15.3 Å². The van der Waals surface area contributed by atoms with Crippen LogP contribution in [0.2, 0.25) is 0 Å². The Labute approximate surface area is 173 Å². The van der Waals surface area contributed by atoms with Crippen LogP contribution in [0.25, 0.3) is 22.6 Å². The molecule has 0 saturated carbocycles. The molecule has 2 aromatic heterocycles. The number of fused-ring (bicyclic) bond motifs is 1. The standard InChI is InChI=1S/C21H24N6O3/c1-14(29)15-4-2-5-16(12-15)19-24-20(22-7-11-28)18-21(25-19)27(13-23-18)10-9-26-8-3-6-17(26)30/h2,4-5,12-13,28H,3,6-11H2,1H3,(H,22,24,25). The van der Waals surface area contributed by atoms with Crippen LogP contribution in [0, 0.1) is 0 Å². The molecule has 30 heavy (non-hydrogen) atoms. The molecule has 0 radical (unpaired) electrons. The lowest BCUT2D eigenvalue weighted by molar-refractivity contribution is -0.127. The van der Waals surface area contributed by atoms with E-state index < -0.39 is 0 Å². The van der Waals surface area contributed by atoms with E-state index >= 15 is 0 Å². The lowest BCUT2D eigenvalue weighted by Crippen LogP contribution is -2.28. The van der Waals surface area contributed by atoms with E-state index in [1.165, 1.54) is 6.92 Å². The summed E-state index contributed by atoms with van der Waals surface area (Å²) < 4.78 is 1.91. The number of imidazole rings is 1. The van der Waals surface area contributed by atoms with E-state index in [0.29, 0.717) is 54.4 Å². The molecule has 4 rings (SSSR count). The van der Waals surface area contributed by atoms with Gasteiger partial charge in [-0.3, -0.25) is 9.59 Å². The van der Waals surface area contributed by atoms with Crippen LogP contribution in [0.15, 0.2) is 30.6 Å². The molecule has 0 spiro atoms. The summed E-state index contributed by atoms with van der Waals surface area (Å²) in [5, 5.41) is 12.3. The second-order valence-electron chi connectivity index (χ2n) is 7.28. The van der Waals surface area contributed by atoms with Crippen LogP contribution in [-0.4, -0.2) is 67.5 Å². The smallest absolute Gasteiger partial charge is 0.222 e. The number of likely N-dealkylation sites (tertiary alicyclic amines) is 1. The van der Waals surface area contributed by atoms with Crippen molar-refractivity contribution < 1.29 is 14.7 Å². The molecule has 1 aliphatic rings. The Balaban J connectivity index is 1.72. The van der Waals surface area contributed by atoms with E-state index in [9.17, 15) is 14.7 Å². The number of nitrogens with one attached hydrogen (secondary N) is 1. The maximum Gasteiger partial charge on any atom is 0.222 e. The first kappa shape index (κ1) is 20.0. The number of carbonyl (C=O) groups excluding carboxylic acids is 2. The molecule has 1 amide bonds. The molecular formula is C21H24N6O3. The number of aromatic nitrogens is 4. The molecule has 9 heteroatoms. The molecule has 0 unspecified atom stereocenters. The average molecular weight is 408 g/mol. The number of amides is 1. The van der Waals surface area contributed by atoms with Gasteiger partial charge in [0.1, 0.15) is 5.52 Å². The molecule has 3 aromatic rings. The van der Waals surface area contributed by atoms with Crippen LogP contribution < -0.4 is 5.32 Å². The van der Waals surface area contributed by atoms with Crippen molar-refractivity contribution in [2.75, 3.05) is 31.6 Å². The van der Waals surface area contributed by atoms with Crippen LogP contribution >= 0.6 is 0 Å².